The summed E-state index contributed by atoms with van der Waals surface area (Å²) in [6.45, 7) is 2.13. The van der Waals surface area contributed by atoms with Crippen LogP contribution in [0, 0.1) is 0 Å². The first kappa shape index (κ1) is 15.0. The molecule has 0 atom stereocenters. The van der Waals surface area contributed by atoms with Crippen molar-refractivity contribution >= 4 is 35.3 Å². The predicted octanol–water partition coefficient (Wildman–Crippen LogP) is 3.11. The minimum atomic E-state index is -0.270. The monoisotopic (exact) mass is 248 g/mol. The number of hydrogen-bond acceptors (Lipinski definition) is 4. The first-order valence-corrected chi connectivity index (χ1v) is 7.15. The second-order valence-electron chi connectivity index (χ2n) is 3.45. The molecule has 0 spiro atoms. The summed E-state index contributed by atoms with van der Waals surface area (Å²) in [5.74, 6) is 1.27. The quantitative estimate of drug-likeness (QED) is 0.387. The number of rotatable bonds is 9. The molecule has 0 N–H and O–H groups in total. The Morgan fingerprint density at radius 1 is 1.13 bits per heavy atom. The summed E-state index contributed by atoms with van der Waals surface area (Å²) in [4.78, 5) is 22.6. The molecule has 0 aromatic heterocycles. The Morgan fingerprint density at radius 3 is 2.47 bits per heavy atom. The zero-order valence-electron chi connectivity index (χ0n) is 9.33. The highest BCUT2D eigenvalue weighted by Gasteiger charge is 2.12. The average Bonchev–Trinajstić information content (AvgIpc) is 2.24. The van der Waals surface area contributed by atoms with Crippen molar-refractivity contribution < 1.29 is 9.59 Å². The summed E-state index contributed by atoms with van der Waals surface area (Å²) in [6.07, 6.45) is 5.50. The van der Waals surface area contributed by atoms with E-state index in [1.54, 1.807) is 0 Å². The summed E-state index contributed by atoms with van der Waals surface area (Å²) in [5.41, 5.74) is 0. The molecule has 0 radical (unpaired) electrons. The summed E-state index contributed by atoms with van der Waals surface area (Å²) in [7, 11) is 0. The van der Waals surface area contributed by atoms with Gasteiger partial charge in [-0.15, -0.1) is 0 Å². The third kappa shape index (κ3) is 9.00. The lowest BCUT2D eigenvalue weighted by molar-refractivity contribution is -0.131. The van der Waals surface area contributed by atoms with Crippen LogP contribution in [0.1, 0.15) is 45.4 Å². The third-order valence-electron chi connectivity index (χ3n) is 2.02. The van der Waals surface area contributed by atoms with Gasteiger partial charge in [0.05, 0.1) is 0 Å². The fraction of sp³-hybridized carbons (Fsp3) is 0.818. The first-order valence-electron chi connectivity index (χ1n) is 5.53. The van der Waals surface area contributed by atoms with Crippen LogP contribution in [0.25, 0.3) is 0 Å². The lowest BCUT2D eigenvalue weighted by Gasteiger charge is -1.99. The molecular weight excluding hydrogens is 228 g/mol. The van der Waals surface area contributed by atoms with Crippen LogP contribution < -0.4 is 0 Å². The highest BCUT2D eigenvalue weighted by Crippen LogP contribution is 2.10. The van der Waals surface area contributed by atoms with Crippen molar-refractivity contribution in [3.8, 4) is 0 Å². The van der Waals surface area contributed by atoms with Gasteiger partial charge in [-0.05, 0) is 18.6 Å². The molecule has 0 bridgehead atoms. The molecule has 0 aliphatic rings. The molecule has 0 aromatic rings. The molecule has 0 aliphatic heterocycles. The van der Waals surface area contributed by atoms with Crippen molar-refractivity contribution in [3.63, 3.8) is 0 Å². The molecule has 0 aliphatic carbocycles. The van der Waals surface area contributed by atoms with Crippen LogP contribution in [0.2, 0.25) is 0 Å². The molecule has 0 saturated carbocycles. The number of unbranched alkanes of at least 4 members (excludes halogenated alkanes) is 3. The molecule has 0 heterocycles. The van der Waals surface area contributed by atoms with E-state index in [9.17, 15) is 9.59 Å². The standard InChI is InChI=1S/C11H20O2S2/c1-2-3-4-5-7-10(12)11(13)15-9-6-8-14/h14H,2-9H2,1H3. The second-order valence-corrected chi connectivity index (χ2v) is 4.96. The largest absolute Gasteiger partial charge is 0.290 e. The maximum absolute atomic E-state index is 11.3. The Morgan fingerprint density at radius 2 is 1.87 bits per heavy atom. The van der Waals surface area contributed by atoms with Gasteiger partial charge in [-0.3, -0.25) is 9.59 Å². The van der Waals surface area contributed by atoms with E-state index in [-0.39, 0.29) is 10.9 Å². The van der Waals surface area contributed by atoms with E-state index < -0.39 is 0 Å². The molecule has 88 valence electrons. The fourth-order valence-corrected chi connectivity index (χ4v) is 2.23. The number of ketones is 1. The predicted molar refractivity (Wildman–Crippen MR) is 69.7 cm³/mol. The van der Waals surface area contributed by atoms with Crippen LogP contribution in [0.4, 0.5) is 0 Å². The third-order valence-corrected chi connectivity index (χ3v) is 3.32. The van der Waals surface area contributed by atoms with Gasteiger partial charge < -0.3 is 0 Å². The summed E-state index contributed by atoms with van der Waals surface area (Å²) < 4.78 is 0. The molecule has 4 heteroatoms. The maximum atomic E-state index is 11.3. The van der Waals surface area contributed by atoms with E-state index in [2.05, 4.69) is 19.6 Å². The average molecular weight is 248 g/mol. The van der Waals surface area contributed by atoms with E-state index in [4.69, 9.17) is 0 Å². The van der Waals surface area contributed by atoms with Crippen LogP contribution in [0.3, 0.4) is 0 Å². The number of Topliss-reactive ketones (excluding diaryl/α,β-unsaturated/α-hetero) is 1. The van der Waals surface area contributed by atoms with Gasteiger partial charge in [0.25, 0.3) is 5.12 Å². The van der Waals surface area contributed by atoms with Crippen LogP contribution >= 0.6 is 24.4 Å². The minimum Gasteiger partial charge on any atom is -0.290 e. The highest BCUT2D eigenvalue weighted by atomic mass is 32.2. The van der Waals surface area contributed by atoms with Crippen molar-refractivity contribution in [1.29, 1.82) is 0 Å². The molecule has 0 unspecified atom stereocenters. The Balaban J connectivity index is 3.47. The zero-order valence-corrected chi connectivity index (χ0v) is 11.0. The van der Waals surface area contributed by atoms with E-state index >= 15 is 0 Å². The Bertz CT molecular complexity index is 193. The minimum absolute atomic E-state index is 0.213. The molecule has 0 amide bonds. The summed E-state index contributed by atoms with van der Waals surface area (Å²) >= 11 is 5.18. The lowest BCUT2D eigenvalue weighted by atomic mass is 10.1. The molecule has 15 heavy (non-hydrogen) atoms. The van der Waals surface area contributed by atoms with Crippen LogP contribution in [0.15, 0.2) is 0 Å². The van der Waals surface area contributed by atoms with Gasteiger partial charge in [-0.25, -0.2) is 0 Å². The van der Waals surface area contributed by atoms with Gasteiger partial charge >= 0.3 is 0 Å². The van der Waals surface area contributed by atoms with E-state index in [1.807, 2.05) is 0 Å². The van der Waals surface area contributed by atoms with Crippen molar-refractivity contribution in [3.05, 3.63) is 0 Å². The van der Waals surface area contributed by atoms with Gasteiger partial charge in [-0.2, -0.15) is 12.6 Å². The van der Waals surface area contributed by atoms with E-state index in [1.165, 1.54) is 0 Å². The topological polar surface area (TPSA) is 34.1 Å². The van der Waals surface area contributed by atoms with Crippen molar-refractivity contribution in [2.75, 3.05) is 11.5 Å². The van der Waals surface area contributed by atoms with Gasteiger partial charge in [0.1, 0.15) is 0 Å². The second kappa shape index (κ2) is 10.6. The molecule has 0 saturated heterocycles. The van der Waals surface area contributed by atoms with Gasteiger partial charge in [-0.1, -0.05) is 37.9 Å². The van der Waals surface area contributed by atoms with Crippen LogP contribution in [0.5, 0.6) is 0 Å². The number of thiol groups is 1. The highest BCUT2D eigenvalue weighted by molar-refractivity contribution is 8.15. The van der Waals surface area contributed by atoms with E-state index in [0.29, 0.717) is 12.2 Å². The zero-order chi connectivity index (χ0) is 11.5. The van der Waals surface area contributed by atoms with Gasteiger partial charge in [0.15, 0.2) is 0 Å². The Hall–Kier alpha value is 0.0400. The fourth-order valence-electron chi connectivity index (χ4n) is 1.12. The number of carbonyl (C=O) groups excluding carboxylic acids is 2. The van der Waals surface area contributed by atoms with Crippen molar-refractivity contribution in [1.82, 2.24) is 0 Å². The summed E-state index contributed by atoms with van der Waals surface area (Å²) in [6, 6.07) is 0. The van der Waals surface area contributed by atoms with Crippen LogP contribution in [-0.4, -0.2) is 22.4 Å². The molecule has 0 fully saturated rings. The number of hydrogen-bond donors (Lipinski definition) is 1. The molecular formula is C11H20O2S2. The van der Waals surface area contributed by atoms with Crippen LogP contribution in [-0.2, 0) is 9.59 Å². The Kier molecular flexibility index (Phi) is 10.6. The lowest BCUT2D eigenvalue weighted by Crippen LogP contribution is -2.10. The number of thioether (sulfide) groups is 1. The smallest absolute Gasteiger partial charge is 0.254 e. The Labute approximate surface area is 102 Å². The van der Waals surface area contributed by atoms with Crippen molar-refractivity contribution in [2.45, 2.75) is 45.4 Å². The van der Waals surface area contributed by atoms with E-state index in [0.717, 1.165) is 49.6 Å². The number of carbonyl (C=O) groups is 2. The summed E-state index contributed by atoms with van der Waals surface area (Å²) in [5, 5.41) is -0.270. The first-order chi connectivity index (χ1) is 7.22. The SMILES string of the molecule is CCCCCCC(=O)C(=O)SCCCS. The molecule has 0 rings (SSSR count). The maximum Gasteiger partial charge on any atom is 0.254 e. The molecule has 0 aromatic carbocycles. The van der Waals surface area contributed by atoms with Crippen molar-refractivity contribution in [2.24, 2.45) is 0 Å². The normalized spacial score (nSPS) is 10.3. The van der Waals surface area contributed by atoms with Gasteiger partial charge in [0, 0.05) is 12.2 Å². The van der Waals surface area contributed by atoms with Gasteiger partial charge in [0.2, 0.25) is 5.78 Å². The molecule has 2 nitrogen and oxygen atoms in total.